The zero-order chi connectivity index (χ0) is 8.04. The average Bonchev–Trinajstić information content (AvgIpc) is 1.78. The Labute approximate surface area is 67.9 Å². The molecule has 10 heavy (non-hydrogen) atoms. The smallest absolute Gasteiger partial charge is 0.0719 e. The van der Waals surface area contributed by atoms with Crippen molar-refractivity contribution in [3.63, 3.8) is 0 Å². The molecule has 0 spiro atoms. The van der Waals surface area contributed by atoms with Crippen molar-refractivity contribution in [1.82, 2.24) is 0 Å². The Morgan fingerprint density at radius 2 is 2.10 bits per heavy atom. The molecule has 0 heterocycles. The van der Waals surface area contributed by atoms with Crippen LogP contribution >= 0.6 is 11.6 Å². The number of rotatable bonds is 2. The second-order valence-electron chi connectivity index (χ2n) is 2.82. The molecule has 0 saturated heterocycles. The van der Waals surface area contributed by atoms with Crippen LogP contribution < -0.4 is 5.73 Å². The summed E-state index contributed by atoms with van der Waals surface area (Å²) in [5, 5.41) is 0. The average molecular weight is 160 g/mol. The number of halogens is 1. The van der Waals surface area contributed by atoms with Crippen molar-refractivity contribution in [2.75, 3.05) is 5.88 Å². The van der Waals surface area contributed by atoms with Gasteiger partial charge in [-0.3, -0.25) is 0 Å². The van der Waals surface area contributed by atoms with E-state index in [2.05, 4.69) is 11.8 Å². The molecule has 0 unspecified atom stereocenters. The molecule has 2 heteroatoms. The highest BCUT2D eigenvalue weighted by Gasteiger charge is 2.02. The summed E-state index contributed by atoms with van der Waals surface area (Å²) < 4.78 is 0. The zero-order valence-corrected chi connectivity index (χ0v) is 7.33. The summed E-state index contributed by atoms with van der Waals surface area (Å²) in [4.78, 5) is 0. The van der Waals surface area contributed by atoms with Crippen molar-refractivity contribution in [2.24, 2.45) is 5.73 Å². The number of nitrogens with two attached hydrogens (primary N) is 1. The molecule has 0 aromatic heterocycles. The molecule has 0 fully saturated rings. The Kier molecular flexibility index (Phi) is 4.51. The van der Waals surface area contributed by atoms with E-state index in [1.807, 2.05) is 13.8 Å². The first-order valence-corrected chi connectivity index (χ1v) is 3.94. The quantitative estimate of drug-likeness (QED) is 0.371. The first-order chi connectivity index (χ1) is 4.56. The molecule has 0 aliphatic carbocycles. The molecule has 0 aromatic carbocycles. The SMILES string of the molecule is CC(C)(N)C#CCCCCl. The maximum atomic E-state index is 5.61. The van der Waals surface area contributed by atoms with E-state index in [9.17, 15) is 0 Å². The van der Waals surface area contributed by atoms with Crippen LogP contribution in [0.15, 0.2) is 0 Å². The maximum absolute atomic E-state index is 5.61. The Morgan fingerprint density at radius 1 is 1.50 bits per heavy atom. The normalized spacial score (nSPS) is 10.4. The zero-order valence-electron chi connectivity index (χ0n) is 6.58. The van der Waals surface area contributed by atoms with Crippen LogP contribution in [0.1, 0.15) is 26.7 Å². The lowest BCUT2D eigenvalue weighted by Gasteiger charge is -2.07. The van der Waals surface area contributed by atoms with Crippen LogP contribution in [0, 0.1) is 11.8 Å². The van der Waals surface area contributed by atoms with Crippen molar-refractivity contribution in [3.8, 4) is 11.8 Å². The number of alkyl halides is 1. The van der Waals surface area contributed by atoms with Gasteiger partial charge in [-0.05, 0) is 20.3 Å². The predicted octanol–water partition coefficient (Wildman–Crippen LogP) is 1.75. The fraction of sp³-hybridized carbons (Fsp3) is 0.750. The molecule has 0 amide bonds. The van der Waals surface area contributed by atoms with E-state index in [4.69, 9.17) is 17.3 Å². The van der Waals surface area contributed by atoms with Gasteiger partial charge in [0.25, 0.3) is 0 Å². The third-order valence-corrected chi connectivity index (χ3v) is 1.11. The summed E-state index contributed by atoms with van der Waals surface area (Å²) in [5.74, 6) is 6.57. The van der Waals surface area contributed by atoms with Crippen LogP contribution in [0.5, 0.6) is 0 Å². The van der Waals surface area contributed by atoms with Crippen molar-refractivity contribution < 1.29 is 0 Å². The van der Waals surface area contributed by atoms with Gasteiger partial charge in [-0.15, -0.1) is 17.5 Å². The molecule has 0 rings (SSSR count). The minimum absolute atomic E-state index is 0.355. The number of unbranched alkanes of at least 4 members (excludes halogenated alkanes) is 1. The summed E-state index contributed by atoms with van der Waals surface area (Å²) in [6.07, 6.45) is 1.80. The van der Waals surface area contributed by atoms with Gasteiger partial charge in [-0.2, -0.15) is 0 Å². The highest BCUT2D eigenvalue weighted by Crippen LogP contribution is 1.94. The maximum Gasteiger partial charge on any atom is 0.0719 e. The van der Waals surface area contributed by atoms with E-state index in [-0.39, 0.29) is 5.54 Å². The van der Waals surface area contributed by atoms with Gasteiger partial charge in [0.15, 0.2) is 0 Å². The first kappa shape index (κ1) is 9.81. The summed E-state index contributed by atoms with van der Waals surface area (Å²) in [7, 11) is 0. The number of hydrogen-bond donors (Lipinski definition) is 1. The predicted molar refractivity (Wildman–Crippen MR) is 46.0 cm³/mol. The van der Waals surface area contributed by atoms with Crippen LogP contribution in [0.3, 0.4) is 0 Å². The number of hydrogen-bond acceptors (Lipinski definition) is 1. The van der Waals surface area contributed by atoms with Gasteiger partial charge < -0.3 is 5.73 Å². The minimum Gasteiger partial charge on any atom is -0.316 e. The Morgan fingerprint density at radius 3 is 2.50 bits per heavy atom. The fourth-order valence-corrected chi connectivity index (χ4v) is 0.579. The second kappa shape index (κ2) is 4.60. The van der Waals surface area contributed by atoms with E-state index in [0.717, 1.165) is 12.8 Å². The topological polar surface area (TPSA) is 26.0 Å². The molecule has 0 bridgehead atoms. The summed E-state index contributed by atoms with van der Waals surface area (Å²) in [6.45, 7) is 3.78. The molecule has 0 radical (unpaired) electrons. The molecular weight excluding hydrogens is 146 g/mol. The lowest BCUT2D eigenvalue weighted by Crippen LogP contribution is -2.29. The lowest BCUT2D eigenvalue weighted by molar-refractivity contribution is 0.679. The van der Waals surface area contributed by atoms with Crippen LogP contribution in [-0.4, -0.2) is 11.4 Å². The molecule has 0 saturated carbocycles. The molecule has 0 aliphatic rings. The first-order valence-electron chi connectivity index (χ1n) is 3.41. The van der Waals surface area contributed by atoms with Gasteiger partial charge >= 0.3 is 0 Å². The molecule has 1 nitrogen and oxygen atoms in total. The van der Waals surface area contributed by atoms with E-state index in [1.54, 1.807) is 0 Å². The molecular formula is C8H14ClN. The van der Waals surface area contributed by atoms with Gasteiger partial charge in [0.05, 0.1) is 5.54 Å². The van der Waals surface area contributed by atoms with Crippen molar-refractivity contribution in [3.05, 3.63) is 0 Å². The monoisotopic (exact) mass is 159 g/mol. The Bertz CT molecular complexity index is 136. The summed E-state index contributed by atoms with van der Waals surface area (Å²) in [5.41, 5.74) is 5.26. The second-order valence-corrected chi connectivity index (χ2v) is 3.19. The molecule has 58 valence electrons. The fourth-order valence-electron chi connectivity index (χ4n) is 0.446. The van der Waals surface area contributed by atoms with Crippen molar-refractivity contribution >= 4 is 11.6 Å². The van der Waals surface area contributed by atoms with E-state index in [0.29, 0.717) is 5.88 Å². The third-order valence-electron chi connectivity index (χ3n) is 0.846. The van der Waals surface area contributed by atoms with Gasteiger partial charge in [0, 0.05) is 12.3 Å². The molecule has 0 aromatic rings. The Hall–Kier alpha value is -0.190. The van der Waals surface area contributed by atoms with Crippen LogP contribution in [0.4, 0.5) is 0 Å². The summed E-state index contributed by atoms with van der Waals surface area (Å²) in [6, 6.07) is 0. The van der Waals surface area contributed by atoms with E-state index >= 15 is 0 Å². The van der Waals surface area contributed by atoms with Gasteiger partial charge in [0.2, 0.25) is 0 Å². The van der Waals surface area contributed by atoms with Crippen LogP contribution in [0.2, 0.25) is 0 Å². The van der Waals surface area contributed by atoms with Crippen molar-refractivity contribution in [1.29, 1.82) is 0 Å². The lowest BCUT2D eigenvalue weighted by atomic mass is 10.1. The molecule has 0 atom stereocenters. The van der Waals surface area contributed by atoms with Gasteiger partial charge in [0.1, 0.15) is 0 Å². The molecule has 0 aliphatic heterocycles. The van der Waals surface area contributed by atoms with E-state index in [1.165, 1.54) is 0 Å². The third kappa shape index (κ3) is 7.81. The Balaban J connectivity index is 3.50. The summed E-state index contributed by atoms with van der Waals surface area (Å²) >= 11 is 5.45. The van der Waals surface area contributed by atoms with E-state index < -0.39 is 0 Å². The van der Waals surface area contributed by atoms with Gasteiger partial charge in [-0.1, -0.05) is 5.92 Å². The standard InChI is InChI=1S/C8H14ClN/c1-8(2,10)6-4-3-5-7-9/h3,5,7,10H2,1-2H3. The van der Waals surface area contributed by atoms with Crippen LogP contribution in [0.25, 0.3) is 0 Å². The van der Waals surface area contributed by atoms with Crippen LogP contribution in [-0.2, 0) is 0 Å². The largest absolute Gasteiger partial charge is 0.316 e. The minimum atomic E-state index is -0.355. The van der Waals surface area contributed by atoms with Crippen molar-refractivity contribution in [2.45, 2.75) is 32.2 Å². The molecule has 2 N–H and O–H groups in total. The van der Waals surface area contributed by atoms with Gasteiger partial charge in [-0.25, -0.2) is 0 Å². The highest BCUT2D eigenvalue weighted by atomic mass is 35.5. The highest BCUT2D eigenvalue weighted by molar-refractivity contribution is 6.17.